The Bertz CT molecular complexity index is 742. The topological polar surface area (TPSA) is 64.1 Å². The Kier molecular flexibility index (Phi) is 13.7. The van der Waals surface area contributed by atoms with E-state index in [2.05, 4.69) is 34.7 Å². The summed E-state index contributed by atoms with van der Waals surface area (Å²) in [5.41, 5.74) is 2.27. The summed E-state index contributed by atoms with van der Waals surface area (Å²) in [6.07, 6.45) is 2.03. The molecule has 30 heavy (non-hydrogen) atoms. The van der Waals surface area contributed by atoms with Crippen LogP contribution < -0.4 is 20.1 Å². The van der Waals surface area contributed by atoms with Crippen molar-refractivity contribution >= 4 is 29.9 Å². The lowest BCUT2D eigenvalue weighted by atomic mass is 10.2. The SMILES string of the molecule is CCNC(=NCc1ccc(OC)c(OC)c1)NCCCCOCc1ccccc1.I. The lowest BCUT2D eigenvalue weighted by Crippen LogP contribution is -2.37. The summed E-state index contributed by atoms with van der Waals surface area (Å²) in [7, 11) is 3.27. The number of benzene rings is 2. The molecule has 2 aromatic carbocycles. The monoisotopic (exact) mass is 527 g/mol. The molecule has 2 rings (SSSR count). The molecular formula is C23H34IN3O3. The number of aliphatic imine (C=N–C) groups is 1. The molecule has 0 aliphatic carbocycles. The van der Waals surface area contributed by atoms with Crippen LogP contribution in [-0.2, 0) is 17.9 Å². The minimum absolute atomic E-state index is 0. The first-order valence-electron chi connectivity index (χ1n) is 10.1. The molecule has 0 atom stereocenters. The fourth-order valence-electron chi connectivity index (χ4n) is 2.79. The first kappa shape index (κ1) is 26.0. The third-order valence-electron chi connectivity index (χ3n) is 4.33. The van der Waals surface area contributed by atoms with Gasteiger partial charge in [0.1, 0.15) is 0 Å². The van der Waals surface area contributed by atoms with Gasteiger partial charge in [-0.2, -0.15) is 0 Å². The van der Waals surface area contributed by atoms with E-state index >= 15 is 0 Å². The van der Waals surface area contributed by atoms with Gasteiger partial charge in [0.2, 0.25) is 0 Å². The smallest absolute Gasteiger partial charge is 0.191 e. The molecule has 0 bridgehead atoms. The van der Waals surface area contributed by atoms with Gasteiger partial charge in [-0.3, -0.25) is 0 Å². The van der Waals surface area contributed by atoms with Gasteiger partial charge >= 0.3 is 0 Å². The molecule has 0 heterocycles. The molecule has 7 heteroatoms. The van der Waals surface area contributed by atoms with E-state index in [1.54, 1.807) is 14.2 Å². The number of methoxy groups -OCH3 is 2. The Hall–Kier alpha value is -2.00. The van der Waals surface area contributed by atoms with Crippen molar-refractivity contribution in [1.29, 1.82) is 0 Å². The van der Waals surface area contributed by atoms with Crippen molar-refractivity contribution in [2.45, 2.75) is 32.9 Å². The molecule has 0 unspecified atom stereocenters. The van der Waals surface area contributed by atoms with Crippen LogP contribution in [0.5, 0.6) is 11.5 Å². The summed E-state index contributed by atoms with van der Waals surface area (Å²) in [6.45, 7) is 5.73. The minimum atomic E-state index is 0. The van der Waals surface area contributed by atoms with Gasteiger partial charge < -0.3 is 24.8 Å². The number of nitrogens with zero attached hydrogens (tertiary/aromatic N) is 1. The zero-order chi connectivity index (χ0) is 20.7. The maximum Gasteiger partial charge on any atom is 0.191 e. The molecule has 0 aliphatic rings. The predicted octanol–water partition coefficient (Wildman–Crippen LogP) is 4.37. The number of rotatable bonds is 12. The van der Waals surface area contributed by atoms with E-state index in [0.717, 1.165) is 49.8 Å². The van der Waals surface area contributed by atoms with E-state index < -0.39 is 0 Å². The largest absolute Gasteiger partial charge is 0.493 e. The van der Waals surface area contributed by atoms with Crippen LogP contribution in [0, 0.1) is 0 Å². The van der Waals surface area contributed by atoms with Crippen molar-refractivity contribution in [2.24, 2.45) is 4.99 Å². The number of halogens is 1. The van der Waals surface area contributed by atoms with E-state index in [4.69, 9.17) is 14.2 Å². The van der Waals surface area contributed by atoms with Gasteiger partial charge in [-0.05, 0) is 43.0 Å². The second-order valence-corrected chi connectivity index (χ2v) is 6.56. The Balaban J connectivity index is 0.00000450. The molecule has 0 amide bonds. The Morgan fingerprint density at radius 3 is 2.37 bits per heavy atom. The van der Waals surface area contributed by atoms with Gasteiger partial charge in [-0.15, -0.1) is 24.0 Å². The van der Waals surface area contributed by atoms with E-state index in [1.807, 2.05) is 36.4 Å². The fraction of sp³-hybridized carbons (Fsp3) is 0.435. The second kappa shape index (κ2) is 15.8. The first-order valence-corrected chi connectivity index (χ1v) is 10.1. The Morgan fingerprint density at radius 1 is 0.900 bits per heavy atom. The molecule has 166 valence electrons. The van der Waals surface area contributed by atoms with E-state index in [-0.39, 0.29) is 24.0 Å². The molecule has 0 saturated carbocycles. The van der Waals surface area contributed by atoms with Crippen molar-refractivity contribution in [3.63, 3.8) is 0 Å². The van der Waals surface area contributed by atoms with E-state index in [0.29, 0.717) is 18.9 Å². The maximum atomic E-state index is 5.72. The van der Waals surface area contributed by atoms with Crippen molar-refractivity contribution in [3.8, 4) is 11.5 Å². The summed E-state index contributed by atoms with van der Waals surface area (Å²) < 4.78 is 16.4. The highest BCUT2D eigenvalue weighted by molar-refractivity contribution is 14.0. The standard InChI is InChI=1S/C23H33N3O3.HI/c1-4-24-23(26-17-20-12-13-21(27-2)22(16-20)28-3)25-14-8-9-15-29-18-19-10-6-5-7-11-19;/h5-7,10-13,16H,4,8-9,14-15,17-18H2,1-3H3,(H2,24,25,26);1H. The number of ether oxygens (including phenoxy) is 3. The van der Waals surface area contributed by atoms with Crippen molar-refractivity contribution < 1.29 is 14.2 Å². The Labute approximate surface area is 197 Å². The van der Waals surface area contributed by atoms with Gasteiger partial charge in [0, 0.05) is 19.7 Å². The third kappa shape index (κ3) is 9.67. The molecular weight excluding hydrogens is 493 g/mol. The van der Waals surface area contributed by atoms with Crippen LogP contribution >= 0.6 is 24.0 Å². The van der Waals surface area contributed by atoms with Gasteiger partial charge in [-0.25, -0.2) is 4.99 Å². The van der Waals surface area contributed by atoms with Crippen LogP contribution in [0.25, 0.3) is 0 Å². The minimum Gasteiger partial charge on any atom is -0.493 e. The van der Waals surface area contributed by atoms with Crippen molar-refractivity contribution in [1.82, 2.24) is 10.6 Å². The second-order valence-electron chi connectivity index (χ2n) is 6.56. The lowest BCUT2D eigenvalue weighted by molar-refractivity contribution is 0.117. The van der Waals surface area contributed by atoms with Crippen molar-refractivity contribution in [2.75, 3.05) is 33.9 Å². The zero-order valence-electron chi connectivity index (χ0n) is 18.1. The highest BCUT2D eigenvalue weighted by atomic mass is 127. The number of nitrogens with one attached hydrogen (secondary N) is 2. The van der Waals surface area contributed by atoms with Crippen LogP contribution in [-0.4, -0.2) is 39.9 Å². The molecule has 0 aromatic heterocycles. The molecule has 0 aliphatic heterocycles. The zero-order valence-corrected chi connectivity index (χ0v) is 20.5. The van der Waals surface area contributed by atoms with Crippen LogP contribution in [0.2, 0.25) is 0 Å². The number of guanidine groups is 1. The summed E-state index contributed by atoms with van der Waals surface area (Å²) in [4.78, 5) is 4.66. The average molecular weight is 527 g/mol. The molecule has 2 aromatic rings. The van der Waals surface area contributed by atoms with Gasteiger partial charge in [0.05, 0.1) is 27.4 Å². The first-order chi connectivity index (χ1) is 14.3. The summed E-state index contributed by atoms with van der Waals surface area (Å²) in [5.74, 6) is 2.25. The molecule has 6 nitrogen and oxygen atoms in total. The van der Waals surface area contributed by atoms with Crippen molar-refractivity contribution in [3.05, 3.63) is 59.7 Å². The Morgan fingerprint density at radius 2 is 1.67 bits per heavy atom. The summed E-state index contributed by atoms with van der Waals surface area (Å²) in [6, 6.07) is 16.1. The fourth-order valence-corrected chi connectivity index (χ4v) is 2.79. The van der Waals surface area contributed by atoms with Crippen LogP contribution in [0.3, 0.4) is 0 Å². The van der Waals surface area contributed by atoms with E-state index in [1.165, 1.54) is 5.56 Å². The maximum absolute atomic E-state index is 5.72. The summed E-state index contributed by atoms with van der Waals surface area (Å²) in [5, 5.41) is 6.66. The van der Waals surface area contributed by atoms with Crippen LogP contribution in [0.4, 0.5) is 0 Å². The number of hydrogen-bond donors (Lipinski definition) is 2. The molecule has 2 N–H and O–H groups in total. The van der Waals surface area contributed by atoms with Gasteiger partial charge in [0.25, 0.3) is 0 Å². The highest BCUT2D eigenvalue weighted by Gasteiger charge is 2.04. The van der Waals surface area contributed by atoms with E-state index in [9.17, 15) is 0 Å². The highest BCUT2D eigenvalue weighted by Crippen LogP contribution is 2.27. The molecule has 0 fully saturated rings. The molecule has 0 spiro atoms. The lowest BCUT2D eigenvalue weighted by Gasteiger charge is -2.12. The summed E-state index contributed by atoms with van der Waals surface area (Å²) >= 11 is 0. The number of hydrogen-bond acceptors (Lipinski definition) is 4. The van der Waals surface area contributed by atoms with Crippen LogP contribution in [0.1, 0.15) is 30.9 Å². The predicted molar refractivity (Wildman–Crippen MR) is 133 cm³/mol. The molecule has 0 radical (unpaired) electrons. The quantitative estimate of drug-likeness (QED) is 0.186. The third-order valence-corrected chi connectivity index (χ3v) is 4.33. The average Bonchev–Trinajstić information content (AvgIpc) is 2.77. The van der Waals surface area contributed by atoms with Gasteiger partial charge in [-0.1, -0.05) is 36.4 Å². The normalized spacial score (nSPS) is 10.8. The van der Waals surface area contributed by atoms with Crippen LogP contribution in [0.15, 0.2) is 53.5 Å². The molecule has 0 saturated heterocycles. The van der Waals surface area contributed by atoms with Gasteiger partial charge in [0.15, 0.2) is 17.5 Å². The number of unbranched alkanes of at least 4 members (excludes halogenated alkanes) is 1.